The van der Waals surface area contributed by atoms with Gasteiger partial charge in [0.05, 0.1) is 23.6 Å². The van der Waals surface area contributed by atoms with Gasteiger partial charge in [-0.25, -0.2) is 9.69 Å². The molecular weight excluding hydrogens is 500 g/mol. The van der Waals surface area contributed by atoms with Crippen molar-refractivity contribution in [3.63, 3.8) is 0 Å². The monoisotopic (exact) mass is 526 g/mol. The summed E-state index contributed by atoms with van der Waals surface area (Å²) in [4.78, 5) is 45.4. The summed E-state index contributed by atoms with van der Waals surface area (Å²) < 4.78 is 6.32. The molecule has 4 atom stereocenters. The van der Waals surface area contributed by atoms with E-state index in [1.54, 1.807) is 24.3 Å². The Balaban J connectivity index is 1.32. The van der Waals surface area contributed by atoms with Gasteiger partial charge in [0, 0.05) is 5.69 Å². The second-order valence-corrected chi connectivity index (χ2v) is 10.3. The highest BCUT2D eigenvalue weighted by atomic mass is 16.5. The highest BCUT2D eigenvalue weighted by molar-refractivity contribution is 6.24. The Kier molecular flexibility index (Phi) is 5.81. The van der Waals surface area contributed by atoms with E-state index in [1.165, 1.54) is 4.90 Å². The van der Waals surface area contributed by atoms with Crippen LogP contribution in [0.5, 0.6) is 0 Å². The predicted molar refractivity (Wildman–Crippen MR) is 152 cm³/mol. The van der Waals surface area contributed by atoms with E-state index >= 15 is 0 Å². The lowest BCUT2D eigenvalue weighted by atomic mass is 9.88. The lowest BCUT2D eigenvalue weighted by molar-refractivity contribution is -0.151. The van der Waals surface area contributed by atoms with Crippen molar-refractivity contribution in [3.05, 3.63) is 138 Å². The number of nitrogens with zero attached hydrogens (tertiary/aromatic N) is 2. The fraction of sp³-hybridized carbons (Fsp3) is 0.147. The van der Waals surface area contributed by atoms with Crippen LogP contribution in [0.15, 0.2) is 121 Å². The van der Waals surface area contributed by atoms with Gasteiger partial charge in [-0.1, -0.05) is 109 Å². The normalized spacial score (nSPS) is 22.7. The minimum Gasteiger partial charge on any atom is -0.451 e. The Morgan fingerprint density at radius 3 is 1.88 bits per heavy atom. The van der Waals surface area contributed by atoms with Crippen LogP contribution in [0.25, 0.3) is 6.08 Å². The first kappa shape index (κ1) is 24.1. The summed E-state index contributed by atoms with van der Waals surface area (Å²) in [5.41, 5.74) is 3.91. The summed E-state index contributed by atoms with van der Waals surface area (Å²) >= 11 is 0. The quantitative estimate of drug-likeness (QED) is 0.257. The van der Waals surface area contributed by atoms with Crippen LogP contribution >= 0.6 is 0 Å². The topological polar surface area (TPSA) is 66.9 Å². The van der Waals surface area contributed by atoms with Crippen LogP contribution in [0.2, 0.25) is 0 Å². The number of anilines is 2. The minimum atomic E-state index is -0.971. The summed E-state index contributed by atoms with van der Waals surface area (Å²) in [6, 6.07) is 34.4. The van der Waals surface area contributed by atoms with Crippen molar-refractivity contribution in [2.45, 2.75) is 18.2 Å². The van der Waals surface area contributed by atoms with Gasteiger partial charge in [-0.3, -0.25) is 9.59 Å². The van der Waals surface area contributed by atoms with Gasteiger partial charge in [0.2, 0.25) is 11.8 Å². The summed E-state index contributed by atoms with van der Waals surface area (Å²) in [6.45, 7) is 0. The molecule has 4 aromatic rings. The maximum absolute atomic E-state index is 14.3. The van der Waals surface area contributed by atoms with Crippen LogP contribution in [0.4, 0.5) is 11.4 Å². The lowest BCUT2D eigenvalue weighted by Gasteiger charge is -2.36. The molecule has 40 heavy (non-hydrogen) atoms. The maximum Gasteiger partial charge on any atom is 0.330 e. The standard InChI is InChI=1S/C34H26N2O4/c37-32-28-27-21-20-22-12-10-11-19-26(22)36(27)30(29(28)33(38)35(32)25-17-8-3-9-18-25)34(39)40-31(23-13-4-1-5-14-23)24-15-6-2-7-16-24/h1-21,27-31H/t27-,28+,29-,30+/m1/s1. The van der Waals surface area contributed by atoms with Crippen LogP contribution in [-0.4, -0.2) is 29.9 Å². The Labute approximate surface area is 232 Å². The molecular formula is C34H26N2O4. The van der Waals surface area contributed by atoms with Gasteiger partial charge in [0.15, 0.2) is 6.10 Å². The number of ether oxygens (including phenoxy) is 1. The first-order valence-electron chi connectivity index (χ1n) is 13.4. The summed E-state index contributed by atoms with van der Waals surface area (Å²) in [6.07, 6.45) is 3.25. The molecule has 6 heteroatoms. The molecule has 2 fully saturated rings. The van der Waals surface area contributed by atoms with Crippen LogP contribution < -0.4 is 9.80 Å². The molecule has 0 spiro atoms. The minimum absolute atomic E-state index is 0.293. The van der Waals surface area contributed by atoms with E-state index in [9.17, 15) is 14.4 Å². The third-order valence-electron chi connectivity index (χ3n) is 8.11. The molecule has 0 aromatic heterocycles. The molecule has 6 nitrogen and oxygen atoms in total. The fourth-order valence-corrected chi connectivity index (χ4v) is 6.39. The third kappa shape index (κ3) is 3.75. The van der Waals surface area contributed by atoms with Gasteiger partial charge >= 0.3 is 5.97 Å². The van der Waals surface area contributed by atoms with E-state index in [0.29, 0.717) is 5.69 Å². The number of carbonyl (C=O) groups is 3. The molecule has 0 radical (unpaired) electrons. The highest BCUT2D eigenvalue weighted by Crippen LogP contribution is 2.49. The molecule has 7 rings (SSSR count). The lowest BCUT2D eigenvalue weighted by Crippen LogP contribution is -2.49. The molecule has 3 heterocycles. The SMILES string of the molecule is O=C(OC(c1ccccc1)c1ccccc1)[C@@H]1[C@@H]2C(=O)N(c3ccccc3)C(=O)[C@H]2[C@H]2C=Cc3ccccc3N21. The van der Waals surface area contributed by atoms with Crippen LogP contribution in [0.1, 0.15) is 22.8 Å². The smallest absolute Gasteiger partial charge is 0.330 e. The molecule has 0 N–H and O–H groups in total. The largest absolute Gasteiger partial charge is 0.451 e. The van der Waals surface area contributed by atoms with E-state index in [-0.39, 0.29) is 11.8 Å². The molecule has 2 saturated heterocycles. The summed E-state index contributed by atoms with van der Waals surface area (Å²) in [7, 11) is 0. The number of para-hydroxylation sites is 2. The number of rotatable bonds is 5. The predicted octanol–water partition coefficient (Wildman–Crippen LogP) is 5.41. The number of esters is 1. The first-order valence-corrected chi connectivity index (χ1v) is 13.4. The zero-order valence-electron chi connectivity index (χ0n) is 21.5. The first-order chi connectivity index (χ1) is 19.6. The van der Waals surface area contributed by atoms with Crippen molar-refractivity contribution in [2.75, 3.05) is 9.80 Å². The molecule has 0 bridgehead atoms. The molecule has 3 aliphatic rings. The molecule has 3 aliphatic heterocycles. The van der Waals surface area contributed by atoms with Crippen molar-refractivity contribution in [3.8, 4) is 0 Å². The zero-order valence-corrected chi connectivity index (χ0v) is 21.5. The second kappa shape index (κ2) is 9.65. The molecule has 4 aromatic carbocycles. The fourth-order valence-electron chi connectivity index (χ4n) is 6.39. The number of amides is 2. The van der Waals surface area contributed by atoms with E-state index in [2.05, 4.69) is 0 Å². The third-order valence-corrected chi connectivity index (χ3v) is 8.11. The zero-order chi connectivity index (χ0) is 27.2. The van der Waals surface area contributed by atoms with Crippen molar-refractivity contribution >= 4 is 35.2 Å². The van der Waals surface area contributed by atoms with Crippen LogP contribution in [0.3, 0.4) is 0 Å². The molecule has 0 saturated carbocycles. The number of benzene rings is 4. The van der Waals surface area contributed by atoms with E-state index in [4.69, 9.17) is 4.74 Å². The van der Waals surface area contributed by atoms with Gasteiger partial charge in [-0.05, 0) is 34.9 Å². The second-order valence-electron chi connectivity index (χ2n) is 10.3. The van der Waals surface area contributed by atoms with Crippen LogP contribution in [-0.2, 0) is 19.1 Å². The Morgan fingerprint density at radius 2 is 1.23 bits per heavy atom. The van der Waals surface area contributed by atoms with E-state index < -0.39 is 36.0 Å². The van der Waals surface area contributed by atoms with Crippen molar-refractivity contribution in [1.29, 1.82) is 0 Å². The van der Waals surface area contributed by atoms with Gasteiger partial charge in [-0.2, -0.15) is 0 Å². The summed E-state index contributed by atoms with van der Waals surface area (Å²) in [5.74, 6) is -2.79. The van der Waals surface area contributed by atoms with Gasteiger partial charge in [-0.15, -0.1) is 0 Å². The Hall–Kier alpha value is -4.97. The number of imide groups is 1. The number of hydrogen-bond acceptors (Lipinski definition) is 5. The Bertz CT molecular complexity index is 1580. The number of carbonyl (C=O) groups excluding carboxylic acids is 3. The number of hydrogen-bond donors (Lipinski definition) is 0. The molecule has 0 aliphatic carbocycles. The van der Waals surface area contributed by atoms with Crippen molar-refractivity contribution in [2.24, 2.45) is 11.8 Å². The number of fused-ring (bicyclic) bond motifs is 5. The summed E-state index contributed by atoms with van der Waals surface area (Å²) in [5, 5.41) is 0. The average molecular weight is 527 g/mol. The Morgan fingerprint density at radius 1 is 0.675 bits per heavy atom. The van der Waals surface area contributed by atoms with Gasteiger partial charge < -0.3 is 9.64 Å². The molecule has 0 unspecified atom stereocenters. The average Bonchev–Trinajstić information content (AvgIpc) is 3.49. The van der Waals surface area contributed by atoms with Crippen molar-refractivity contribution in [1.82, 2.24) is 0 Å². The van der Waals surface area contributed by atoms with E-state index in [1.807, 2.05) is 108 Å². The van der Waals surface area contributed by atoms with Crippen LogP contribution in [0, 0.1) is 11.8 Å². The van der Waals surface area contributed by atoms with E-state index in [0.717, 1.165) is 22.4 Å². The highest BCUT2D eigenvalue weighted by Gasteiger charge is 2.65. The van der Waals surface area contributed by atoms with Gasteiger partial charge in [0.25, 0.3) is 0 Å². The van der Waals surface area contributed by atoms with Crippen molar-refractivity contribution < 1.29 is 19.1 Å². The molecule has 196 valence electrons. The molecule has 2 amide bonds. The van der Waals surface area contributed by atoms with Gasteiger partial charge in [0.1, 0.15) is 6.04 Å². The maximum atomic E-state index is 14.3.